The van der Waals surface area contributed by atoms with Gasteiger partial charge in [-0.05, 0) is 50.2 Å². The van der Waals surface area contributed by atoms with Gasteiger partial charge in [-0.15, -0.1) is 0 Å². The summed E-state index contributed by atoms with van der Waals surface area (Å²) in [6.07, 6.45) is 2.33. The molecule has 1 saturated carbocycles. The number of fused-ring (bicyclic) bond motifs is 1. The number of nitrogens with zero attached hydrogens (tertiary/aromatic N) is 2. The molecule has 3 aromatic rings. The van der Waals surface area contributed by atoms with Crippen molar-refractivity contribution < 1.29 is 4.42 Å². The monoisotopic (exact) mass is 271 g/mol. The number of benzene rings is 1. The number of H-pyrrole nitrogens is 1. The number of aromatic nitrogens is 3. The zero-order chi connectivity index (χ0) is 13.0. The van der Waals surface area contributed by atoms with Gasteiger partial charge in [-0.2, -0.15) is 5.10 Å². The minimum atomic E-state index is 0.483. The predicted molar refractivity (Wildman–Crippen MR) is 75.6 cm³/mol. The third-order valence-corrected chi connectivity index (χ3v) is 3.80. The van der Waals surface area contributed by atoms with Crippen LogP contribution in [0.4, 0.5) is 0 Å². The summed E-state index contributed by atoms with van der Waals surface area (Å²) in [5.41, 5.74) is 2.11. The van der Waals surface area contributed by atoms with Crippen molar-refractivity contribution in [2.24, 2.45) is 0 Å². The van der Waals surface area contributed by atoms with Crippen LogP contribution < -0.4 is 0 Å². The van der Waals surface area contributed by atoms with Crippen molar-refractivity contribution in [3.05, 3.63) is 34.6 Å². The Morgan fingerprint density at radius 3 is 3.00 bits per heavy atom. The Bertz CT molecular complexity index is 823. The van der Waals surface area contributed by atoms with Crippen LogP contribution in [0.1, 0.15) is 24.4 Å². The molecule has 0 saturated heterocycles. The lowest BCUT2D eigenvalue weighted by atomic mass is 10.2. The van der Waals surface area contributed by atoms with Crippen molar-refractivity contribution in [2.75, 3.05) is 0 Å². The highest BCUT2D eigenvalue weighted by Gasteiger charge is 2.28. The highest BCUT2D eigenvalue weighted by atomic mass is 32.1. The molecule has 2 heterocycles. The smallest absolute Gasteiger partial charge is 0.198 e. The van der Waals surface area contributed by atoms with Crippen LogP contribution in [0.15, 0.2) is 28.7 Å². The number of hydrogen-bond acceptors (Lipinski definition) is 3. The van der Waals surface area contributed by atoms with Gasteiger partial charge in [0.15, 0.2) is 16.4 Å². The normalized spacial score (nSPS) is 15.2. The van der Waals surface area contributed by atoms with Crippen LogP contribution in [0.5, 0.6) is 0 Å². The van der Waals surface area contributed by atoms with Crippen molar-refractivity contribution in [2.45, 2.75) is 25.8 Å². The molecule has 0 bridgehead atoms. The minimum Gasteiger partial charge on any atom is -0.453 e. The van der Waals surface area contributed by atoms with E-state index in [0.29, 0.717) is 10.8 Å². The molecular formula is C14H13N3OS. The number of furan rings is 1. The maximum atomic E-state index is 5.89. The van der Waals surface area contributed by atoms with Gasteiger partial charge in [0, 0.05) is 11.4 Å². The van der Waals surface area contributed by atoms with Crippen molar-refractivity contribution >= 4 is 23.2 Å². The van der Waals surface area contributed by atoms with Gasteiger partial charge >= 0.3 is 0 Å². The summed E-state index contributed by atoms with van der Waals surface area (Å²) in [4.78, 5) is 0. The Kier molecular flexibility index (Phi) is 2.20. The summed E-state index contributed by atoms with van der Waals surface area (Å²) < 4.78 is 8.64. The molecule has 0 aliphatic heterocycles. The second kappa shape index (κ2) is 3.81. The lowest BCUT2D eigenvalue weighted by molar-refractivity contribution is 0.611. The summed E-state index contributed by atoms with van der Waals surface area (Å²) in [5.74, 6) is 1.58. The van der Waals surface area contributed by atoms with Gasteiger partial charge in [0.25, 0.3) is 0 Å². The van der Waals surface area contributed by atoms with Crippen molar-refractivity contribution in [1.82, 2.24) is 14.8 Å². The first kappa shape index (κ1) is 11.0. The molecule has 0 spiro atoms. The Labute approximate surface area is 115 Å². The molecule has 4 nitrogen and oxygen atoms in total. The van der Waals surface area contributed by atoms with E-state index in [-0.39, 0.29) is 0 Å². The predicted octanol–water partition coefficient (Wildman–Crippen LogP) is 4.00. The van der Waals surface area contributed by atoms with E-state index in [1.807, 2.05) is 18.2 Å². The van der Waals surface area contributed by atoms with Crippen LogP contribution >= 0.6 is 12.2 Å². The SMILES string of the molecule is Cc1ccc2oc(-c3n[nH]c(=S)n3C3CC3)cc2c1. The van der Waals surface area contributed by atoms with Crippen molar-refractivity contribution in [3.63, 3.8) is 0 Å². The zero-order valence-electron chi connectivity index (χ0n) is 10.5. The molecule has 19 heavy (non-hydrogen) atoms. The molecule has 1 aliphatic carbocycles. The lowest BCUT2D eigenvalue weighted by Crippen LogP contribution is -1.96. The maximum Gasteiger partial charge on any atom is 0.198 e. The van der Waals surface area contributed by atoms with E-state index in [1.165, 1.54) is 18.4 Å². The van der Waals surface area contributed by atoms with E-state index < -0.39 is 0 Å². The van der Waals surface area contributed by atoms with Gasteiger partial charge in [0.05, 0.1) is 0 Å². The molecule has 0 unspecified atom stereocenters. The average Bonchev–Trinajstić information content (AvgIpc) is 3.01. The van der Waals surface area contributed by atoms with E-state index >= 15 is 0 Å². The Morgan fingerprint density at radius 2 is 2.21 bits per heavy atom. The summed E-state index contributed by atoms with van der Waals surface area (Å²) in [6, 6.07) is 8.68. The van der Waals surface area contributed by atoms with E-state index in [1.54, 1.807) is 0 Å². The highest BCUT2D eigenvalue weighted by Crippen LogP contribution is 2.39. The minimum absolute atomic E-state index is 0.483. The molecule has 96 valence electrons. The molecule has 0 radical (unpaired) electrons. The summed E-state index contributed by atoms with van der Waals surface area (Å²) >= 11 is 5.29. The Morgan fingerprint density at radius 1 is 1.37 bits per heavy atom. The topological polar surface area (TPSA) is 46.8 Å². The second-order valence-electron chi connectivity index (χ2n) is 5.11. The van der Waals surface area contributed by atoms with Crippen LogP contribution in [0.3, 0.4) is 0 Å². The number of rotatable bonds is 2. The Hall–Kier alpha value is -1.88. The van der Waals surface area contributed by atoms with Crippen LogP contribution in [0.25, 0.3) is 22.6 Å². The molecule has 0 atom stereocenters. The molecule has 1 fully saturated rings. The standard InChI is InChI=1S/C14H13N3OS/c1-8-2-5-11-9(6-8)7-12(18-11)13-15-16-14(19)17(13)10-3-4-10/h2,5-7,10H,3-4H2,1H3,(H,16,19). The van der Waals surface area contributed by atoms with Gasteiger partial charge in [0.1, 0.15) is 5.58 Å². The summed E-state index contributed by atoms with van der Waals surface area (Å²) in [6.45, 7) is 2.08. The number of hydrogen-bond donors (Lipinski definition) is 1. The van der Waals surface area contributed by atoms with E-state index in [2.05, 4.69) is 27.8 Å². The first-order valence-corrected chi connectivity index (χ1v) is 6.81. The molecule has 4 rings (SSSR count). The fourth-order valence-corrected chi connectivity index (χ4v) is 2.70. The van der Waals surface area contributed by atoms with Gasteiger partial charge in [-0.1, -0.05) is 11.6 Å². The molecule has 2 aromatic heterocycles. The third-order valence-electron chi connectivity index (χ3n) is 3.51. The van der Waals surface area contributed by atoms with Crippen molar-refractivity contribution in [3.8, 4) is 11.6 Å². The quantitative estimate of drug-likeness (QED) is 0.717. The van der Waals surface area contributed by atoms with E-state index in [0.717, 1.165) is 22.6 Å². The van der Waals surface area contributed by atoms with Crippen LogP contribution in [-0.4, -0.2) is 14.8 Å². The molecule has 1 N–H and O–H groups in total. The van der Waals surface area contributed by atoms with E-state index in [4.69, 9.17) is 16.6 Å². The first-order valence-electron chi connectivity index (χ1n) is 6.40. The number of aromatic amines is 1. The van der Waals surface area contributed by atoms with Gasteiger partial charge in [-0.3, -0.25) is 9.67 Å². The maximum absolute atomic E-state index is 5.89. The number of nitrogens with one attached hydrogen (secondary N) is 1. The summed E-state index contributed by atoms with van der Waals surface area (Å²) in [5, 5.41) is 8.29. The second-order valence-corrected chi connectivity index (χ2v) is 5.49. The molecule has 1 aliphatic rings. The Balaban J connectivity index is 1.92. The number of aryl methyl sites for hydroxylation is 1. The highest BCUT2D eigenvalue weighted by molar-refractivity contribution is 7.71. The van der Waals surface area contributed by atoms with Gasteiger partial charge in [-0.25, -0.2) is 0 Å². The average molecular weight is 271 g/mol. The zero-order valence-corrected chi connectivity index (χ0v) is 11.3. The van der Waals surface area contributed by atoms with Gasteiger partial charge < -0.3 is 4.42 Å². The molecule has 0 amide bonds. The largest absolute Gasteiger partial charge is 0.453 e. The fraction of sp³-hybridized carbons (Fsp3) is 0.286. The van der Waals surface area contributed by atoms with Crippen LogP contribution in [-0.2, 0) is 0 Å². The third kappa shape index (κ3) is 1.73. The van der Waals surface area contributed by atoms with E-state index in [9.17, 15) is 0 Å². The molecule has 1 aromatic carbocycles. The lowest BCUT2D eigenvalue weighted by Gasteiger charge is -2.00. The summed E-state index contributed by atoms with van der Waals surface area (Å²) in [7, 11) is 0. The van der Waals surface area contributed by atoms with Crippen LogP contribution in [0, 0.1) is 11.7 Å². The molecule has 5 heteroatoms. The fourth-order valence-electron chi connectivity index (χ4n) is 2.42. The van der Waals surface area contributed by atoms with Gasteiger partial charge in [0.2, 0.25) is 0 Å². The first-order chi connectivity index (χ1) is 9.22. The molecular weight excluding hydrogens is 258 g/mol. The van der Waals surface area contributed by atoms with Crippen molar-refractivity contribution in [1.29, 1.82) is 0 Å². The van der Waals surface area contributed by atoms with Crippen LogP contribution in [0.2, 0.25) is 0 Å².